The molecule has 0 N–H and O–H groups in total. The topological polar surface area (TPSA) is 0 Å². The van der Waals surface area contributed by atoms with Crippen LogP contribution >= 0.6 is 0 Å². The minimum atomic E-state index is 1.02. The van der Waals surface area contributed by atoms with Gasteiger partial charge in [-0.25, -0.2) is 0 Å². The second kappa shape index (κ2) is 6.12. The van der Waals surface area contributed by atoms with Crippen molar-refractivity contribution in [2.45, 2.75) is 26.7 Å². The van der Waals surface area contributed by atoms with Crippen LogP contribution in [0.2, 0.25) is 0 Å². The number of hydrogen-bond acceptors (Lipinski definition) is 0. The van der Waals surface area contributed by atoms with Crippen molar-refractivity contribution in [1.82, 2.24) is 0 Å². The lowest BCUT2D eigenvalue weighted by Crippen LogP contribution is -1.95. The highest BCUT2D eigenvalue weighted by molar-refractivity contribution is 5.56. The molecule has 0 amide bonds. The van der Waals surface area contributed by atoms with Gasteiger partial charge in [0.2, 0.25) is 0 Å². The van der Waals surface area contributed by atoms with Gasteiger partial charge in [0.15, 0.2) is 0 Å². The van der Waals surface area contributed by atoms with Crippen molar-refractivity contribution in [2.24, 2.45) is 0 Å². The molecule has 0 saturated heterocycles. The monoisotopic (exact) mass is 212 g/mol. The lowest BCUT2D eigenvalue weighted by molar-refractivity contribution is 1.03. The Hall–Kier alpha value is -1.56. The molecule has 0 nitrogen and oxygen atoms in total. The maximum absolute atomic E-state index is 4.11. The first-order chi connectivity index (χ1) is 7.74. The van der Waals surface area contributed by atoms with Gasteiger partial charge in [0.05, 0.1) is 0 Å². The Balaban J connectivity index is 3.24. The second-order valence-electron chi connectivity index (χ2n) is 3.76. The fraction of sp³-hybridized carbons (Fsp3) is 0.250. The highest BCUT2D eigenvalue weighted by atomic mass is 14.1. The first-order valence-corrected chi connectivity index (χ1v) is 5.83. The summed E-state index contributed by atoms with van der Waals surface area (Å²) in [7, 11) is 0. The molecule has 0 unspecified atom stereocenters. The largest absolute Gasteiger partial charge is 0.0988 e. The van der Waals surface area contributed by atoms with Gasteiger partial charge in [-0.2, -0.15) is 0 Å². The standard InChI is InChI=1S/C16H20/c1-5-14(6-2)15(7-3)16-12-10-8-9-11-13(16)4/h5,8-12H,1,4,6-7H2,2-3H3. The van der Waals surface area contributed by atoms with E-state index < -0.39 is 0 Å². The summed E-state index contributed by atoms with van der Waals surface area (Å²) in [5, 5.41) is 0. The maximum atomic E-state index is 4.11. The van der Waals surface area contributed by atoms with Crippen molar-refractivity contribution in [3.05, 3.63) is 71.9 Å². The van der Waals surface area contributed by atoms with Crippen LogP contribution < -0.4 is 0 Å². The zero-order valence-electron chi connectivity index (χ0n) is 10.3. The third kappa shape index (κ3) is 2.73. The van der Waals surface area contributed by atoms with Crippen LogP contribution in [0, 0.1) is 0 Å². The van der Waals surface area contributed by atoms with Gasteiger partial charge in [0, 0.05) is 0 Å². The highest BCUT2D eigenvalue weighted by Gasteiger charge is 2.09. The first-order valence-electron chi connectivity index (χ1n) is 5.83. The van der Waals surface area contributed by atoms with Gasteiger partial charge in [0.1, 0.15) is 0 Å². The van der Waals surface area contributed by atoms with E-state index in [1.165, 1.54) is 16.7 Å². The van der Waals surface area contributed by atoms with Gasteiger partial charge >= 0.3 is 0 Å². The zero-order chi connectivity index (χ0) is 12.0. The summed E-state index contributed by atoms with van der Waals surface area (Å²) >= 11 is 0. The van der Waals surface area contributed by atoms with Crippen molar-refractivity contribution < 1.29 is 0 Å². The summed E-state index contributed by atoms with van der Waals surface area (Å²) in [6.07, 6.45) is 14.3. The average molecular weight is 212 g/mol. The summed E-state index contributed by atoms with van der Waals surface area (Å²) in [4.78, 5) is 0. The summed E-state index contributed by atoms with van der Waals surface area (Å²) in [5.74, 6) is 0. The van der Waals surface area contributed by atoms with E-state index in [0.717, 1.165) is 18.4 Å². The highest BCUT2D eigenvalue weighted by Crippen LogP contribution is 2.28. The third-order valence-corrected chi connectivity index (χ3v) is 2.82. The number of rotatable bonds is 4. The summed E-state index contributed by atoms with van der Waals surface area (Å²) in [5.41, 5.74) is 5.00. The summed E-state index contributed by atoms with van der Waals surface area (Å²) in [6.45, 7) is 12.4. The van der Waals surface area contributed by atoms with E-state index in [2.05, 4.69) is 45.2 Å². The van der Waals surface area contributed by atoms with Gasteiger partial charge < -0.3 is 0 Å². The van der Waals surface area contributed by atoms with Gasteiger partial charge in [-0.1, -0.05) is 63.5 Å². The minimum absolute atomic E-state index is 1.02. The average Bonchev–Trinajstić information content (AvgIpc) is 2.51. The normalized spacial score (nSPS) is 16.6. The molecule has 0 saturated carbocycles. The van der Waals surface area contributed by atoms with E-state index in [1.54, 1.807) is 0 Å². The van der Waals surface area contributed by atoms with E-state index >= 15 is 0 Å². The van der Waals surface area contributed by atoms with E-state index in [-0.39, 0.29) is 0 Å². The molecular formula is C16H20. The van der Waals surface area contributed by atoms with Crippen molar-refractivity contribution in [2.75, 3.05) is 0 Å². The predicted octanol–water partition coefficient (Wildman–Crippen LogP) is 4.90. The Morgan fingerprint density at radius 3 is 2.50 bits per heavy atom. The van der Waals surface area contributed by atoms with Crippen LogP contribution in [0.25, 0.3) is 0 Å². The van der Waals surface area contributed by atoms with E-state index in [9.17, 15) is 0 Å². The van der Waals surface area contributed by atoms with Crippen LogP contribution in [0.3, 0.4) is 0 Å². The molecule has 0 spiro atoms. The van der Waals surface area contributed by atoms with E-state index in [4.69, 9.17) is 0 Å². The molecule has 0 heterocycles. The van der Waals surface area contributed by atoms with Crippen molar-refractivity contribution >= 4 is 0 Å². The Labute approximate surface area is 99.1 Å². The molecule has 0 aliphatic heterocycles. The molecule has 0 heteroatoms. The van der Waals surface area contributed by atoms with Gasteiger partial charge in [-0.3, -0.25) is 0 Å². The van der Waals surface area contributed by atoms with Crippen LogP contribution in [0.5, 0.6) is 0 Å². The molecule has 0 aromatic heterocycles. The fourth-order valence-electron chi connectivity index (χ4n) is 1.95. The minimum Gasteiger partial charge on any atom is -0.0988 e. The molecular weight excluding hydrogens is 192 g/mol. The Bertz CT molecular complexity index is 398. The SMILES string of the molecule is C=CC(CC)=C(CC)C1=CC=CC=CC1=C. The molecule has 84 valence electrons. The number of allylic oxidation sites excluding steroid dienone is 10. The molecule has 0 radical (unpaired) electrons. The predicted molar refractivity (Wildman–Crippen MR) is 73.3 cm³/mol. The molecule has 0 aromatic carbocycles. The third-order valence-electron chi connectivity index (χ3n) is 2.82. The molecule has 1 aliphatic carbocycles. The lowest BCUT2D eigenvalue weighted by atomic mass is 9.91. The number of hydrogen-bond donors (Lipinski definition) is 0. The van der Waals surface area contributed by atoms with Crippen molar-refractivity contribution in [3.63, 3.8) is 0 Å². The van der Waals surface area contributed by atoms with E-state index in [1.807, 2.05) is 18.2 Å². The van der Waals surface area contributed by atoms with Crippen LogP contribution in [-0.4, -0.2) is 0 Å². The molecule has 1 aliphatic rings. The molecule has 0 aromatic rings. The molecule has 0 atom stereocenters. The molecule has 0 fully saturated rings. The van der Waals surface area contributed by atoms with Crippen LogP contribution in [0.1, 0.15) is 26.7 Å². The Morgan fingerprint density at radius 1 is 1.19 bits per heavy atom. The van der Waals surface area contributed by atoms with Gasteiger partial charge in [-0.15, -0.1) is 0 Å². The van der Waals surface area contributed by atoms with Crippen LogP contribution in [-0.2, 0) is 0 Å². The molecule has 1 rings (SSSR count). The smallest absolute Gasteiger partial charge is 0.0155 e. The summed E-state index contributed by atoms with van der Waals surface area (Å²) < 4.78 is 0. The van der Waals surface area contributed by atoms with Crippen molar-refractivity contribution in [1.29, 1.82) is 0 Å². The van der Waals surface area contributed by atoms with Crippen LogP contribution in [0.4, 0.5) is 0 Å². The van der Waals surface area contributed by atoms with Crippen molar-refractivity contribution in [3.8, 4) is 0 Å². The zero-order valence-corrected chi connectivity index (χ0v) is 10.3. The molecule has 0 bridgehead atoms. The summed E-state index contributed by atoms with van der Waals surface area (Å²) in [6, 6.07) is 0. The Kier molecular flexibility index (Phi) is 4.78. The second-order valence-corrected chi connectivity index (χ2v) is 3.76. The molecule has 16 heavy (non-hydrogen) atoms. The lowest BCUT2D eigenvalue weighted by Gasteiger charge is -2.14. The quantitative estimate of drug-likeness (QED) is 0.581. The fourth-order valence-corrected chi connectivity index (χ4v) is 1.95. The first kappa shape index (κ1) is 12.5. The van der Waals surface area contributed by atoms with Crippen LogP contribution in [0.15, 0.2) is 71.9 Å². The van der Waals surface area contributed by atoms with Gasteiger partial charge in [0.25, 0.3) is 0 Å². The maximum Gasteiger partial charge on any atom is -0.0155 e. The van der Waals surface area contributed by atoms with E-state index in [0.29, 0.717) is 0 Å². The van der Waals surface area contributed by atoms with Gasteiger partial charge in [-0.05, 0) is 35.1 Å². The Morgan fingerprint density at radius 2 is 1.94 bits per heavy atom.